The second-order valence-electron chi connectivity index (χ2n) is 9.85. The van der Waals surface area contributed by atoms with E-state index in [0.717, 1.165) is 0 Å². The summed E-state index contributed by atoms with van der Waals surface area (Å²) in [4.78, 5) is 0. The molecule has 0 fully saturated rings. The first-order valence-electron chi connectivity index (χ1n) is 14.7. The minimum absolute atomic E-state index is 0.854. The van der Waals surface area contributed by atoms with Crippen LogP contribution >= 0.6 is 7.26 Å². The molecular weight excluding hydrogens is 415 g/mol. The third-order valence-corrected chi connectivity index (χ3v) is 11.6. The number of unbranched alkanes of at least 4 members (excludes halogenated alkanes) is 8. The molecule has 0 aromatic carbocycles. The molecule has 0 bridgehead atoms. The lowest BCUT2D eigenvalue weighted by molar-refractivity contribution is 0.859. The third-order valence-electron chi connectivity index (χ3n) is 6.50. The summed E-state index contributed by atoms with van der Waals surface area (Å²) in [6.07, 6.45) is 46.5. The smallest absolute Gasteiger partial charge is 0.0597 e. The maximum absolute atomic E-state index is 2.46. The zero-order valence-corrected chi connectivity index (χ0v) is 24.1. The summed E-state index contributed by atoms with van der Waals surface area (Å²) in [6.45, 7) is 9.11. The lowest BCUT2D eigenvalue weighted by atomic mass is 10.2. The predicted octanol–water partition coefficient (Wildman–Crippen LogP) is 11.5. The van der Waals surface area contributed by atoms with Gasteiger partial charge in [-0.1, -0.05) is 102 Å². The van der Waals surface area contributed by atoms with Gasteiger partial charge in [0.15, 0.2) is 0 Å². The first kappa shape index (κ1) is 32.4. The molecule has 0 atom stereocenters. The number of allylic oxidation sites excluding steroid dienone is 8. The molecule has 0 amide bonds. The molecule has 0 saturated heterocycles. The van der Waals surface area contributed by atoms with Gasteiger partial charge in [-0.05, 0) is 77.0 Å². The SMILES string of the molecule is CCC/C=C/CCC[P+](CCC/C=C/CCC)(CCC/C=C/CCC)CCC/C=C/CCC. The molecule has 0 saturated carbocycles. The van der Waals surface area contributed by atoms with Crippen LogP contribution in [0.5, 0.6) is 0 Å². The van der Waals surface area contributed by atoms with Crippen LogP contribution < -0.4 is 0 Å². The van der Waals surface area contributed by atoms with E-state index in [-0.39, 0.29) is 0 Å². The molecule has 0 heterocycles. The molecule has 0 nitrogen and oxygen atoms in total. The van der Waals surface area contributed by atoms with E-state index >= 15 is 0 Å². The monoisotopic (exact) mass is 475 g/mol. The van der Waals surface area contributed by atoms with Crippen molar-refractivity contribution in [1.82, 2.24) is 0 Å². The van der Waals surface area contributed by atoms with Crippen LogP contribution in [0.25, 0.3) is 0 Å². The Morgan fingerprint density at radius 1 is 0.333 bits per heavy atom. The lowest BCUT2D eigenvalue weighted by Gasteiger charge is -2.28. The maximum atomic E-state index is 2.46. The van der Waals surface area contributed by atoms with Gasteiger partial charge < -0.3 is 0 Å². The molecule has 0 aliphatic carbocycles. The van der Waals surface area contributed by atoms with Crippen LogP contribution in [-0.2, 0) is 0 Å². The molecule has 0 unspecified atom stereocenters. The molecule has 0 spiro atoms. The fraction of sp³-hybridized carbons (Fsp3) is 0.750. The summed E-state index contributed by atoms with van der Waals surface area (Å²) in [5, 5.41) is 0. The standard InChI is InChI=1S/C32H60P/c1-5-9-13-17-21-25-29-33(30-26-22-18-14-10-6-2,31-27-23-19-15-11-7-3)32-28-24-20-16-12-8-4/h13-20H,5-12,21-32H2,1-4H3/q+1/b17-13+,18-14+,19-15+,20-16+. The first-order chi connectivity index (χ1) is 16.2. The van der Waals surface area contributed by atoms with Crippen molar-refractivity contribution in [3.8, 4) is 0 Å². The Kier molecular flexibility index (Phi) is 25.5. The maximum Gasteiger partial charge on any atom is 0.0597 e. The van der Waals surface area contributed by atoms with Crippen molar-refractivity contribution in [2.24, 2.45) is 0 Å². The van der Waals surface area contributed by atoms with Crippen LogP contribution in [0.15, 0.2) is 48.6 Å². The Morgan fingerprint density at radius 2 is 0.545 bits per heavy atom. The van der Waals surface area contributed by atoms with Gasteiger partial charge in [0, 0.05) is 7.26 Å². The summed E-state index contributed by atoms with van der Waals surface area (Å²) >= 11 is 0. The fourth-order valence-corrected chi connectivity index (χ4v) is 9.21. The lowest BCUT2D eigenvalue weighted by Crippen LogP contribution is -2.13. The molecule has 0 rings (SSSR count). The number of hydrogen-bond acceptors (Lipinski definition) is 0. The second kappa shape index (κ2) is 26.0. The highest BCUT2D eigenvalue weighted by molar-refractivity contribution is 7.75. The molecule has 0 aliphatic rings. The average Bonchev–Trinajstić information content (AvgIpc) is 2.83. The van der Waals surface area contributed by atoms with Gasteiger partial charge >= 0.3 is 0 Å². The molecule has 0 aromatic rings. The quantitative estimate of drug-likeness (QED) is 0.0739. The van der Waals surface area contributed by atoms with E-state index in [1.54, 1.807) is 0 Å². The van der Waals surface area contributed by atoms with E-state index in [2.05, 4.69) is 76.3 Å². The molecule has 192 valence electrons. The van der Waals surface area contributed by atoms with Crippen LogP contribution in [0, 0.1) is 0 Å². The summed E-state index contributed by atoms with van der Waals surface area (Å²) in [5.74, 6) is 0. The van der Waals surface area contributed by atoms with Crippen molar-refractivity contribution in [3.63, 3.8) is 0 Å². The highest BCUT2D eigenvalue weighted by atomic mass is 31.2. The highest BCUT2D eigenvalue weighted by Gasteiger charge is 2.34. The van der Waals surface area contributed by atoms with Crippen molar-refractivity contribution in [3.05, 3.63) is 48.6 Å². The van der Waals surface area contributed by atoms with Gasteiger partial charge in [-0.25, -0.2) is 0 Å². The summed E-state index contributed by atoms with van der Waals surface area (Å²) in [7, 11) is -0.854. The Balaban J connectivity index is 5.01. The zero-order chi connectivity index (χ0) is 24.3. The number of rotatable bonds is 24. The molecule has 0 N–H and O–H groups in total. The van der Waals surface area contributed by atoms with E-state index in [1.165, 1.54) is 127 Å². The van der Waals surface area contributed by atoms with Crippen LogP contribution in [0.2, 0.25) is 0 Å². The molecular formula is C32H60P+. The van der Waals surface area contributed by atoms with Gasteiger partial charge in [-0.2, -0.15) is 0 Å². The van der Waals surface area contributed by atoms with E-state index < -0.39 is 7.26 Å². The largest absolute Gasteiger partial charge is 0.0885 e. The molecule has 0 aromatic heterocycles. The van der Waals surface area contributed by atoms with Gasteiger partial charge in [0.05, 0.1) is 24.6 Å². The molecule has 0 radical (unpaired) electrons. The number of hydrogen-bond donors (Lipinski definition) is 0. The fourth-order valence-electron chi connectivity index (χ4n) is 4.46. The average molecular weight is 476 g/mol. The predicted molar refractivity (Wildman–Crippen MR) is 160 cm³/mol. The normalized spacial score (nSPS) is 13.0. The van der Waals surface area contributed by atoms with Gasteiger partial charge in [0.2, 0.25) is 0 Å². The van der Waals surface area contributed by atoms with E-state index in [4.69, 9.17) is 0 Å². The summed E-state index contributed by atoms with van der Waals surface area (Å²) in [5.41, 5.74) is 0. The van der Waals surface area contributed by atoms with Crippen molar-refractivity contribution in [1.29, 1.82) is 0 Å². The minimum Gasteiger partial charge on any atom is -0.0885 e. The summed E-state index contributed by atoms with van der Waals surface area (Å²) in [6, 6.07) is 0. The van der Waals surface area contributed by atoms with E-state index in [0.29, 0.717) is 0 Å². The van der Waals surface area contributed by atoms with Gasteiger partial charge in [-0.3, -0.25) is 0 Å². The van der Waals surface area contributed by atoms with Crippen molar-refractivity contribution >= 4 is 7.26 Å². The second-order valence-corrected chi connectivity index (χ2v) is 14.3. The van der Waals surface area contributed by atoms with Crippen molar-refractivity contribution < 1.29 is 0 Å². The van der Waals surface area contributed by atoms with Crippen LogP contribution in [0.1, 0.15) is 130 Å². The van der Waals surface area contributed by atoms with Gasteiger partial charge in [-0.15, -0.1) is 0 Å². The minimum atomic E-state index is -0.854. The van der Waals surface area contributed by atoms with Gasteiger partial charge in [0.25, 0.3) is 0 Å². The highest BCUT2D eigenvalue weighted by Crippen LogP contribution is 2.61. The Bertz CT molecular complexity index is 403. The van der Waals surface area contributed by atoms with E-state index in [1.807, 2.05) is 0 Å². The topological polar surface area (TPSA) is 0 Å². The Hall–Kier alpha value is -0.610. The van der Waals surface area contributed by atoms with Crippen molar-refractivity contribution in [2.75, 3.05) is 24.6 Å². The molecule has 1 heteroatoms. The van der Waals surface area contributed by atoms with Crippen molar-refractivity contribution in [2.45, 2.75) is 130 Å². The first-order valence-corrected chi connectivity index (χ1v) is 17.2. The van der Waals surface area contributed by atoms with Crippen LogP contribution in [0.3, 0.4) is 0 Å². The molecule has 0 aliphatic heterocycles. The van der Waals surface area contributed by atoms with E-state index in [9.17, 15) is 0 Å². The van der Waals surface area contributed by atoms with Crippen LogP contribution in [-0.4, -0.2) is 24.6 Å². The van der Waals surface area contributed by atoms with Gasteiger partial charge in [0.1, 0.15) is 0 Å². The molecule has 33 heavy (non-hydrogen) atoms. The Morgan fingerprint density at radius 3 is 0.758 bits per heavy atom. The third kappa shape index (κ3) is 21.6. The van der Waals surface area contributed by atoms with Crippen LogP contribution in [0.4, 0.5) is 0 Å². The summed E-state index contributed by atoms with van der Waals surface area (Å²) < 4.78 is 0. The Labute approximate surface area is 210 Å². The zero-order valence-electron chi connectivity index (χ0n) is 23.2.